The number of amides is 1. The van der Waals surface area contributed by atoms with E-state index < -0.39 is 5.97 Å². The van der Waals surface area contributed by atoms with Gasteiger partial charge in [0, 0.05) is 15.6 Å². The van der Waals surface area contributed by atoms with E-state index in [1.165, 1.54) is 7.11 Å². The van der Waals surface area contributed by atoms with Crippen LogP contribution in [0.15, 0.2) is 53.0 Å². The van der Waals surface area contributed by atoms with Crippen molar-refractivity contribution in [1.29, 1.82) is 0 Å². The third kappa shape index (κ3) is 5.10. The zero-order valence-corrected chi connectivity index (χ0v) is 14.1. The van der Waals surface area contributed by atoms with Gasteiger partial charge in [0.05, 0.1) is 7.11 Å². The van der Waals surface area contributed by atoms with E-state index in [9.17, 15) is 9.59 Å². The van der Waals surface area contributed by atoms with Gasteiger partial charge in [-0.15, -0.1) is 0 Å². The minimum absolute atomic E-state index is 0.148. The summed E-state index contributed by atoms with van der Waals surface area (Å²) < 4.78 is 11.1. The van der Waals surface area contributed by atoms with Gasteiger partial charge in [-0.2, -0.15) is 0 Å². The summed E-state index contributed by atoms with van der Waals surface area (Å²) in [4.78, 5) is 23.7. The number of halogens is 1. The van der Waals surface area contributed by atoms with E-state index in [-0.39, 0.29) is 19.1 Å². The van der Waals surface area contributed by atoms with Gasteiger partial charge in [0.15, 0.2) is 0 Å². The van der Waals surface area contributed by atoms with Crippen molar-refractivity contribution in [2.45, 2.75) is 6.61 Å². The highest BCUT2D eigenvalue weighted by atomic mass is 79.9. The summed E-state index contributed by atoms with van der Waals surface area (Å²) in [6, 6.07) is 14.1. The Labute approximate surface area is 142 Å². The molecule has 23 heavy (non-hydrogen) atoms. The number of carbonyl (C=O) groups is 2. The van der Waals surface area contributed by atoms with Crippen molar-refractivity contribution in [3.8, 4) is 5.75 Å². The number of benzene rings is 2. The summed E-state index contributed by atoms with van der Waals surface area (Å²) in [6.07, 6.45) is 0. The Morgan fingerprint density at radius 2 is 1.91 bits per heavy atom. The minimum Gasteiger partial charge on any atom is -0.497 e. The van der Waals surface area contributed by atoms with Crippen LogP contribution in [0.3, 0.4) is 0 Å². The van der Waals surface area contributed by atoms with E-state index in [1.54, 1.807) is 24.3 Å². The number of rotatable bonds is 6. The van der Waals surface area contributed by atoms with E-state index in [0.717, 1.165) is 10.0 Å². The van der Waals surface area contributed by atoms with Crippen molar-refractivity contribution < 1.29 is 19.1 Å². The van der Waals surface area contributed by atoms with E-state index in [1.807, 2.05) is 24.3 Å². The van der Waals surface area contributed by atoms with Crippen molar-refractivity contribution >= 4 is 27.8 Å². The van der Waals surface area contributed by atoms with Gasteiger partial charge >= 0.3 is 5.97 Å². The summed E-state index contributed by atoms with van der Waals surface area (Å²) in [6.45, 7) is -0.0459. The predicted octanol–water partition coefficient (Wildman–Crippen LogP) is 2.93. The van der Waals surface area contributed by atoms with Crippen LogP contribution >= 0.6 is 15.9 Å². The molecule has 0 aliphatic rings. The average molecular weight is 378 g/mol. The molecule has 0 radical (unpaired) electrons. The van der Waals surface area contributed by atoms with Crippen molar-refractivity contribution in [3.63, 3.8) is 0 Å². The van der Waals surface area contributed by atoms with Crippen LogP contribution in [0, 0.1) is 0 Å². The van der Waals surface area contributed by atoms with Crippen LogP contribution in [0.1, 0.15) is 15.9 Å². The first-order valence-corrected chi connectivity index (χ1v) is 7.70. The first-order valence-electron chi connectivity index (χ1n) is 6.91. The Bertz CT molecular complexity index is 702. The molecule has 0 spiro atoms. The zero-order valence-electron chi connectivity index (χ0n) is 12.5. The Balaban J connectivity index is 1.82. The maximum Gasteiger partial charge on any atom is 0.325 e. The molecular weight excluding hydrogens is 362 g/mol. The van der Waals surface area contributed by atoms with Gasteiger partial charge in [-0.05, 0) is 24.3 Å². The molecule has 1 N–H and O–H groups in total. The lowest BCUT2D eigenvalue weighted by Gasteiger charge is -2.08. The van der Waals surface area contributed by atoms with Crippen LogP contribution < -0.4 is 10.1 Å². The Morgan fingerprint density at radius 3 is 2.65 bits per heavy atom. The monoisotopic (exact) mass is 377 g/mol. The molecule has 2 aromatic carbocycles. The second-order valence-corrected chi connectivity index (χ2v) is 5.52. The summed E-state index contributed by atoms with van der Waals surface area (Å²) in [5.74, 6) is -0.284. The number of hydrogen-bond donors (Lipinski definition) is 1. The van der Waals surface area contributed by atoms with Gasteiger partial charge in [-0.25, -0.2) is 0 Å². The maximum absolute atomic E-state index is 12.0. The topological polar surface area (TPSA) is 64.6 Å². The number of methoxy groups -OCH3 is 1. The molecule has 0 aromatic heterocycles. The average Bonchev–Trinajstić information content (AvgIpc) is 2.59. The largest absolute Gasteiger partial charge is 0.497 e. The minimum atomic E-state index is -0.503. The van der Waals surface area contributed by atoms with Gasteiger partial charge < -0.3 is 14.8 Å². The standard InChI is InChI=1S/C17H16BrNO4/c1-22-14-7-4-6-12(9-14)17(21)19-10-16(20)23-11-13-5-2-3-8-15(13)18/h2-9H,10-11H2,1H3,(H,19,21). The van der Waals surface area contributed by atoms with Crippen molar-refractivity contribution in [3.05, 3.63) is 64.1 Å². The summed E-state index contributed by atoms with van der Waals surface area (Å²) in [5.41, 5.74) is 1.28. The molecule has 0 aliphatic heterocycles. The third-order valence-corrected chi connectivity index (χ3v) is 3.85. The Morgan fingerprint density at radius 1 is 1.13 bits per heavy atom. The lowest BCUT2D eigenvalue weighted by atomic mass is 10.2. The maximum atomic E-state index is 12.0. The number of ether oxygens (including phenoxy) is 2. The highest BCUT2D eigenvalue weighted by Crippen LogP contribution is 2.16. The SMILES string of the molecule is COc1cccc(C(=O)NCC(=O)OCc2ccccc2Br)c1. The third-order valence-electron chi connectivity index (χ3n) is 3.07. The van der Waals surface area contributed by atoms with Crippen molar-refractivity contribution in [1.82, 2.24) is 5.32 Å². The molecule has 0 bridgehead atoms. The van der Waals surface area contributed by atoms with Gasteiger partial charge in [-0.3, -0.25) is 9.59 Å². The molecule has 0 saturated heterocycles. The van der Waals surface area contributed by atoms with E-state index >= 15 is 0 Å². The molecule has 5 nitrogen and oxygen atoms in total. The number of hydrogen-bond acceptors (Lipinski definition) is 4. The first kappa shape index (κ1) is 17.0. The molecule has 0 saturated carbocycles. The highest BCUT2D eigenvalue weighted by Gasteiger charge is 2.10. The molecule has 2 aromatic rings. The zero-order chi connectivity index (χ0) is 16.7. The van der Waals surface area contributed by atoms with Gasteiger partial charge in [0.1, 0.15) is 18.9 Å². The number of esters is 1. The molecule has 0 atom stereocenters. The fourth-order valence-electron chi connectivity index (χ4n) is 1.84. The first-order chi connectivity index (χ1) is 11.1. The van der Waals surface area contributed by atoms with Crippen LogP contribution in [-0.4, -0.2) is 25.5 Å². The molecule has 6 heteroatoms. The predicted molar refractivity (Wildman–Crippen MR) is 89.3 cm³/mol. The van der Waals surface area contributed by atoms with E-state index in [2.05, 4.69) is 21.2 Å². The second kappa shape index (κ2) is 8.33. The van der Waals surface area contributed by atoms with Crippen LogP contribution in [0.4, 0.5) is 0 Å². The fraction of sp³-hybridized carbons (Fsp3) is 0.176. The molecule has 1 amide bonds. The van der Waals surface area contributed by atoms with Gasteiger partial charge in [0.2, 0.25) is 0 Å². The van der Waals surface area contributed by atoms with Crippen LogP contribution in [0.2, 0.25) is 0 Å². The fourth-order valence-corrected chi connectivity index (χ4v) is 2.24. The van der Waals surface area contributed by atoms with E-state index in [4.69, 9.17) is 9.47 Å². The summed E-state index contributed by atoms with van der Waals surface area (Å²) in [5, 5.41) is 2.52. The lowest BCUT2D eigenvalue weighted by molar-refractivity contribution is -0.143. The Hall–Kier alpha value is -2.34. The molecule has 0 unspecified atom stereocenters. The van der Waals surface area contributed by atoms with Gasteiger partial charge in [-0.1, -0.05) is 40.2 Å². The smallest absolute Gasteiger partial charge is 0.325 e. The highest BCUT2D eigenvalue weighted by molar-refractivity contribution is 9.10. The number of carbonyl (C=O) groups excluding carboxylic acids is 2. The van der Waals surface area contributed by atoms with Crippen LogP contribution in [0.5, 0.6) is 5.75 Å². The molecule has 0 fully saturated rings. The summed E-state index contributed by atoms with van der Waals surface area (Å²) >= 11 is 3.38. The molecule has 0 heterocycles. The molecule has 0 aliphatic carbocycles. The molecule has 120 valence electrons. The number of nitrogens with one attached hydrogen (secondary N) is 1. The Kier molecular flexibility index (Phi) is 6.17. The van der Waals surface area contributed by atoms with Crippen molar-refractivity contribution in [2.75, 3.05) is 13.7 Å². The molecule has 2 rings (SSSR count). The van der Waals surface area contributed by atoms with Crippen LogP contribution in [-0.2, 0) is 16.1 Å². The molecular formula is C17H16BrNO4. The summed E-state index contributed by atoms with van der Waals surface area (Å²) in [7, 11) is 1.52. The van der Waals surface area contributed by atoms with Crippen LogP contribution in [0.25, 0.3) is 0 Å². The van der Waals surface area contributed by atoms with E-state index in [0.29, 0.717) is 11.3 Å². The normalized spacial score (nSPS) is 10.0. The van der Waals surface area contributed by atoms with Crippen molar-refractivity contribution in [2.24, 2.45) is 0 Å². The quantitative estimate of drug-likeness (QED) is 0.786. The second-order valence-electron chi connectivity index (χ2n) is 4.67. The van der Waals surface area contributed by atoms with Gasteiger partial charge in [0.25, 0.3) is 5.91 Å². The lowest BCUT2D eigenvalue weighted by Crippen LogP contribution is -2.30.